The molecule has 2 N–H and O–H groups in total. The molecule has 0 saturated carbocycles. The second-order valence-corrected chi connectivity index (χ2v) is 4.76. The van der Waals surface area contributed by atoms with Crippen molar-refractivity contribution in [2.45, 2.75) is 31.8 Å². The minimum Gasteiger partial charge on any atom is -0.480 e. The molecule has 1 heterocycles. The van der Waals surface area contributed by atoms with E-state index < -0.39 is 12.0 Å². The summed E-state index contributed by atoms with van der Waals surface area (Å²) in [6.07, 6.45) is 1.96. The van der Waals surface area contributed by atoms with Crippen LogP contribution in [0.3, 0.4) is 0 Å². The molecule has 6 nitrogen and oxygen atoms in total. The van der Waals surface area contributed by atoms with E-state index in [2.05, 4.69) is 5.32 Å². The highest BCUT2D eigenvalue weighted by atomic mass is 16.4. The van der Waals surface area contributed by atoms with Gasteiger partial charge < -0.3 is 20.2 Å². The topological polar surface area (TPSA) is 72.9 Å². The SMILES string of the molecule is C[C@H](NC(=O)N1CCCC1CN(C)C)C(=O)O. The number of nitrogens with zero attached hydrogens (tertiary/aromatic N) is 2. The number of aliphatic carboxylic acids is 1. The van der Waals surface area contributed by atoms with Crippen molar-refractivity contribution >= 4 is 12.0 Å². The lowest BCUT2D eigenvalue weighted by atomic mass is 10.2. The molecule has 1 unspecified atom stereocenters. The third-order valence-electron chi connectivity index (χ3n) is 2.92. The van der Waals surface area contributed by atoms with Crippen LogP contribution in [0.1, 0.15) is 19.8 Å². The average molecular weight is 243 g/mol. The number of nitrogens with one attached hydrogen (secondary N) is 1. The first-order chi connectivity index (χ1) is 7.91. The Morgan fingerprint density at radius 2 is 2.18 bits per heavy atom. The maximum absolute atomic E-state index is 11.9. The van der Waals surface area contributed by atoms with Gasteiger partial charge in [0.25, 0.3) is 0 Å². The molecule has 0 aromatic heterocycles. The number of carbonyl (C=O) groups is 2. The summed E-state index contributed by atoms with van der Waals surface area (Å²) in [6.45, 7) is 2.99. The summed E-state index contributed by atoms with van der Waals surface area (Å²) in [4.78, 5) is 26.3. The molecule has 1 fully saturated rings. The summed E-state index contributed by atoms with van der Waals surface area (Å²) in [5.41, 5.74) is 0. The summed E-state index contributed by atoms with van der Waals surface area (Å²) in [6, 6.07) is -0.932. The standard InChI is InChI=1S/C11H21N3O3/c1-8(10(15)16)12-11(17)14-6-4-5-9(14)7-13(2)3/h8-9H,4-7H2,1-3H3,(H,12,17)(H,15,16)/t8-,9?/m0/s1. The molecule has 0 aliphatic carbocycles. The minimum absolute atomic E-state index is 0.186. The van der Waals surface area contributed by atoms with Crippen LogP contribution in [0.25, 0.3) is 0 Å². The zero-order valence-electron chi connectivity index (χ0n) is 10.6. The number of carbonyl (C=O) groups excluding carboxylic acids is 1. The van der Waals surface area contributed by atoms with Crippen LogP contribution in [-0.4, -0.2) is 66.2 Å². The number of hydrogen-bond donors (Lipinski definition) is 2. The number of hydrogen-bond acceptors (Lipinski definition) is 3. The second kappa shape index (κ2) is 5.86. The first-order valence-corrected chi connectivity index (χ1v) is 5.86. The fraction of sp³-hybridized carbons (Fsp3) is 0.818. The van der Waals surface area contributed by atoms with Crippen LogP contribution in [0.4, 0.5) is 4.79 Å². The van der Waals surface area contributed by atoms with E-state index in [1.807, 2.05) is 19.0 Å². The molecule has 1 aliphatic heterocycles. The van der Waals surface area contributed by atoms with Crippen LogP contribution in [0, 0.1) is 0 Å². The molecule has 6 heteroatoms. The molecule has 0 radical (unpaired) electrons. The summed E-state index contributed by atoms with van der Waals surface area (Å²) in [7, 11) is 3.93. The third kappa shape index (κ3) is 3.89. The zero-order valence-corrected chi connectivity index (χ0v) is 10.6. The van der Waals surface area contributed by atoms with Crippen molar-refractivity contribution in [3.05, 3.63) is 0 Å². The normalized spacial score (nSPS) is 21.6. The van der Waals surface area contributed by atoms with Gasteiger partial charge in [0.1, 0.15) is 6.04 Å². The number of rotatable bonds is 4. The van der Waals surface area contributed by atoms with Crippen LogP contribution in [0.5, 0.6) is 0 Å². The van der Waals surface area contributed by atoms with Crippen LogP contribution >= 0.6 is 0 Å². The average Bonchev–Trinajstić information content (AvgIpc) is 2.64. The van der Waals surface area contributed by atoms with Crippen molar-refractivity contribution in [3.8, 4) is 0 Å². The van der Waals surface area contributed by atoms with E-state index >= 15 is 0 Å². The van der Waals surface area contributed by atoms with Gasteiger partial charge in [-0.3, -0.25) is 4.79 Å². The van der Waals surface area contributed by atoms with Gasteiger partial charge in [-0.05, 0) is 33.9 Å². The highest BCUT2D eigenvalue weighted by Crippen LogP contribution is 2.17. The van der Waals surface area contributed by atoms with E-state index in [1.54, 1.807) is 4.90 Å². The van der Waals surface area contributed by atoms with Crippen LogP contribution < -0.4 is 5.32 Å². The quantitative estimate of drug-likeness (QED) is 0.739. The van der Waals surface area contributed by atoms with E-state index in [-0.39, 0.29) is 12.1 Å². The Morgan fingerprint density at radius 1 is 1.53 bits per heavy atom. The maximum atomic E-state index is 11.9. The molecule has 2 amide bonds. The summed E-state index contributed by atoms with van der Waals surface area (Å²) in [5.74, 6) is -1.01. The lowest BCUT2D eigenvalue weighted by molar-refractivity contribution is -0.138. The van der Waals surface area contributed by atoms with Gasteiger partial charge in [-0.2, -0.15) is 0 Å². The zero-order chi connectivity index (χ0) is 13.0. The molecule has 0 spiro atoms. The van der Waals surface area contributed by atoms with Gasteiger partial charge in [-0.25, -0.2) is 4.79 Å². The highest BCUT2D eigenvalue weighted by molar-refractivity contribution is 5.82. The molecular weight excluding hydrogens is 222 g/mol. The Hall–Kier alpha value is -1.30. The molecule has 0 bridgehead atoms. The largest absolute Gasteiger partial charge is 0.480 e. The van der Waals surface area contributed by atoms with Crippen LogP contribution in [-0.2, 0) is 4.79 Å². The van der Waals surface area contributed by atoms with Gasteiger partial charge in [-0.1, -0.05) is 0 Å². The van der Waals surface area contributed by atoms with Gasteiger partial charge in [0, 0.05) is 19.1 Å². The number of likely N-dealkylation sites (tertiary alicyclic amines) is 1. The highest BCUT2D eigenvalue weighted by Gasteiger charge is 2.30. The molecule has 2 atom stereocenters. The summed E-state index contributed by atoms with van der Waals surface area (Å²) < 4.78 is 0. The Morgan fingerprint density at radius 3 is 2.71 bits per heavy atom. The Balaban J connectivity index is 2.52. The number of carboxylic acid groups (broad SMARTS) is 1. The van der Waals surface area contributed by atoms with Gasteiger partial charge in [-0.15, -0.1) is 0 Å². The van der Waals surface area contributed by atoms with Gasteiger partial charge in [0.15, 0.2) is 0 Å². The Bertz CT molecular complexity index is 294. The number of urea groups is 1. The number of carboxylic acids is 1. The van der Waals surface area contributed by atoms with Crippen molar-refractivity contribution < 1.29 is 14.7 Å². The Labute approximate surface area is 102 Å². The summed E-state index contributed by atoms with van der Waals surface area (Å²) in [5, 5.41) is 11.2. The smallest absolute Gasteiger partial charge is 0.325 e. The lowest BCUT2D eigenvalue weighted by Crippen LogP contribution is -2.50. The van der Waals surface area contributed by atoms with Crippen molar-refractivity contribution in [2.75, 3.05) is 27.2 Å². The van der Waals surface area contributed by atoms with Crippen LogP contribution in [0.2, 0.25) is 0 Å². The van der Waals surface area contributed by atoms with Gasteiger partial charge in [0.05, 0.1) is 0 Å². The van der Waals surface area contributed by atoms with Gasteiger partial charge >= 0.3 is 12.0 Å². The van der Waals surface area contributed by atoms with Crippen molar-refractivity contribution in [1.29, 1.82) is 0 Å². The number of likely N-dealkylation sites (N-methyl/N-ethyl adjacent to an activating group) is 1. The van der Waals surface area contributed by atoms with E-state index in [9.17, 15) is 9.59 Å². The molecular formula is C11H21N3O3. The summed E-state index contributed by atoms with van der Waals surface area (Å²) >= 11 is 0. The van der Waals surface area contributed by atoms with E-state index in [0.717, 1.165) is 19.4 Å². The van der Waals surface area contributed by atoms with E-state index in [0.29, 0.717) is 6.54 Å². The first kappa shape index (κ1) is 13.8. The minimum atomic E-state index is -1.01. The molecule has 0 aromatic rings. The molecule has 0 aromatic carbocycles. The van der Waals surface area contributed by atoms with Gasteiger partial charge in [0.2, 0.25) is 0 Å². The van der Waals surface area contributed by atoms with Crippen molar-refractivity contribution in [3.63, 3.8) is 0 Å². The molecule has 98 valence electrons. The predicted octanol–water partition coefficient (Wildman–Crippen LogP) is 0.195. The molecule has 1 saturated heterocycles. The lowest BCUT2D eigenvalue weighted by Gasteiger charge is -2.28. The maximum Gasteiger partial charge on any atom is 0.325 e. The third-order valence-corrected chi connectivity index (χ3v) is 2.92. The molecule has 17 heavy (non-hydrogen) atoms. The van der Waals surface area contributed by atoms with Crippen molar-refractivity contribution in [1.82, 2.24) is 15.1 Å². The fourth-order valence-corrected chi connectivity index (χ4v) is 2.04. The fourth-order valence-electron chi connectivity index (χ4n) is 2.04. The Kier molecular flexibility index (Phi) is 4.74. The van der Waals surface area contributed by atoms with E-state index in [4.69, 9.17) is 5.11 Å². The predicted molar refractivity (Wildman–Crippen MR) is 63.9 cm³/mol. The number of amides is 2. The monoisotopic (exact) mass is 243 g/mol. The van der Waals surface area contributed by atoms with E-state index in [1.165, 1.54) is 6.92 Å². The molecule has 1 rings (SSSR count). The second-order valence-electron chi connectivity index (χ2n) is 4.76. The van der Waals surface area contributed by atoms with Crippen molar-refractivity contribution in [2.24, 2.45) is 0 Å². The molecule has 1 aliphatic rings. The first-order valence-electron chi connectivity index (χ1n) is 5.86. The van der Waals surface area contributed by atoms with Crippen LogP contribution in [0.15, 0.2) is 0 Å².